The van der Waals surface area contributed by atoms with Crippen LogP contribution in [0.4, 0.5) is 0 Å². The lowest BCUT2D eigenvalue weighted by Gasteiger charge is -2.39. The maximum atomic E-state index is 17.0. The average molecular weight is 1250 g/mol. The summed E-state index contributed by atoms with van der Waals surface area (Å²) < 4.78 is 40.4. The molecule has 3 nitrogen and oxygen atoms in total. The van der Waals surface area contributed by atoms with E-state index >= 15 is 9.13 Å². The summed E-state index contributed by atoms with van der Waals surface area (Å²) in [4.78, 5) is 0. The summed E-state index contributed by atoms with van der Waals surface area (Å²) in [5, 5.41) is 6.31. The van der Waals surface area contributed by atoms with Crippen molar-refractivity contribution in [1.29, 1.82) is 0 Å². The van der Waals surface area contributed by atoms with E-state index in [1.165, 1.54) is 55.6 Å². The van der Waals surface area contributed by atoms with E-state index in [1.54, 1.807) is 0 Å². The third-order valence-corrected chi connectivity index (χ3v) is 26.5. The van der Waals surface area contributed by atoms with Crippen LogP contribution in [0.25, 0.3) is 66.4 Å². The molecule has 1 atom stereocenters. The Morgan fingerprint density at radius 3 is 1.27 bits per heavy atom. The summed E-state index contributed by atoms with van der Waals surface area (Å²) in [5.74, 6) is 1.71. The van der Waals surface area contributed by atoms with Crippen molar-refractivity contribution in [1.82, 2.24) is 0 Å². The summed E-state index contributed by atoms with van der Waals surface area (Å²) in [7, 11) is -7.14. The second kappa shape index (κ2) is 22.3. The second-order valence-corrected chi connectivity index (χ2v) is 30.7. The molecule has 0 bridgehead atoms. The van der Waals surface area contributed by atoms with Crippen LogP contribution in [0.15, 0.2) is 364 Å². The third-order valence-electron chi connectivity index (χ3n) is 20.4. The van der Waals surface area contributed by atoms with Gasteiger partial charge in [0.05, 0.1) is 10.8 Å². The predicted molar refractivity (Wildman–Crippen MR) is 394 cm³/mol. The lowest BCUT2D eigenvalue weighted by Crippen LogP contribution is -2.32. The topological polar surface area (TPSA) is 43.4 Å². The van der Waals surface area contributed by atoms with Crippen LogP contribution in [0.5, 0.6) is 11.5 Å². The molecule has 95 heavy (non-hydrogen) atoms. The summed E-state index contributed by atoms with van der Waals surface area (Å²) in [6.07, 6.45) is 0. The quantitative estimate of drug-likeness (QED) is 0.121. The van der Waals surface area contributed by atoms with Gasteiger partial charge in [-0.05, 0) is 142 Å². The molecular weight excluding hydrogens is 1190 g/mol. The maximum Gasteiger partial charge on any atom is 0.171 e. The Labute approximate surface area is 553 Å². The Kier molecular flexibility index (Phi) is 13.3. The highest BCUT2D eigenvalue weighted by Crippen LogP contribution is 2.64. The zero-order valence-corrected chi connectivity index (χ0v) is 53.5. The van der Waals surface area contributed by atoms with E-state index in [4.69, 9.17) is 4.74 Å². The van der Waals surface area contributed by atoms with Gasteiger partial charge in [0.15, 0.2) is 14.3 Å². The summed E-state index contributed by atoms with van der Waals surface area (Å²) >= 11 is 0. The number of para-hydroxylation sites is 2. The summed E-state index contributed by atoms with van der Waals surface area (Å²) in [5.41, 5.74) is 19.2. The van der Waals surface area contributed by atoms with Gasteiger partial charge in [-0.15, -0.1) is 0 Å². The standard InChI is InChI=1S/C90H60O3P2/c91-94(68-31-10-3-11-32-68,71-52-48-61(49-53-71)75-40-25-45-84-88(75)78-39-17-19-42-81(78)90(84)82-43-20-22-46-86(82)93-87-47-23-21-44-83(87)90)72-37-24-26-64(57-72)79-60-73(95(92,69-33-12-4-13-34-69)70-35-14-5-15-36-70)58-65-56-62(50-54-74(65)79)63-51-55-77-76-38-16-18-41-80(76)89(85(77)59-63,66-27-6-1-7-28-66)67-29-8-2-9-30-67/h1-60H. The molecule has 0 saturated heterocycles. The largest absolute Gasteiger partial charge is 0.457 e. The number of fused-ring (bicyclic) bond motifs is 13. The number of hydrogen-bond acceptors (Lipinski definition) is 3. The van der Waals surface area contributed by atoms with Gasteiger partial charge < -0.3 is 13.9 Å². The molecule has 0 saturated carbocycles. The third kappa shape index (κ3) is 8.46. The summed E-state index contributed by atoms with van der Waals surface area (Å²) in [6.45, 7) is 0. The Morgan fingerprint density at radius 2 is 0.663 bits per heavy atom. The van der Waals surface area contributed by atoms with Gasteiger partial charge >= 0.3 is 0 Å². The molecule has 15 aromatic rings. The molecule has 1 aliphatic heterocycles. The van der Waals surface area contributed by atoms with Crippen molar-refractivity contribution >= 4 is 56.9 Å². The van der Waals surface area contributed by atoms with Crippen molar-refractivity contribution in [2.45, 2.75) is 10.8 Å². The van der Waals surface area contributed by atoms with Crippen LogP contribution in [0, 0.1) is 0 Å². The minimum Gasteiger partial charge on any atom is -0.457 e. The second-order valence-electron chi connectivity index (χ2n) is 25.2. The molecular formula is C90H60O3P2. The molecule has 18 rings (SSSR count). The molecule has 0 aromatic heterocycles. The SMILES string of the molecule is O=P(c1ccccc1)(c1ccc(-c2cccc3c2-c2ccccc2C32c3ccccc3Oc3ccccc32)cc1)c1cccc(-c2cc(P(=O)(c3ccccc3)c3ccccc3)cc3cc(-c4ccc5c(c4)C(c4ccccc4)(c4ccccc4)c4ccccc4-5)ccc23)c1. The zero-order chi connectivity index (χ0) is 63.3. The van der Waals surface area contributed by atoms with Crippen molar-refractivity contribution < 1.29 is 13.9 Å². The van der Waals surface area contributed by atoms with Crippen LogP contribution in [0.1, 0.15) is 44.5 Å². The molecule has 0 radical (unpaired) electrons. The molecule has 0 N–H and O–H groups in total. The van der Waals surface area contributed by atoms with Gasteiger partial charge in [0.1, 0.15) is 11.5 Å². The number of ether oxygens (including phenoxy) is 1. The van der Waals surface area contributed by atoms with E-state index in [9.17, 15) is 0 Å². The van der Waals surface area contributed by atoms with Gasteiger partial charge in [0.25, 0.3) is 0 Å². The highest BCUT2D eigenvalue weighted by molar-refractivity contribution is 7.85. The van der Waals surface area contributed by atoms with Gasteiger partial charge in [-0.25, -0.2) is 0 Å². The van der Waals surface area contributed by atoms with Crippen LogP contribution >= 0.6 is 14.3 Å². The highest BCUT2D eigenvalue weighted by atomic mass is 31.2. The molecule has 1 heterocycles. The van der Waals surface area contributed by atoms with Crippen molar-refractivity contribution in [2.24, 2.45) is 0 Å². The molecule has 1 spiro atoms. The number of rotatable bonds is 11. The van der Waals surface area contributed by atoms with Gasteiger partial charge in [0, 0.05) is 43.0 Å². The van der Waals surface area contributed by atoms with E-state index in [-0.39, 0.29) is 0 Å². The van der Waals surface area contributed by atoms with Crippen molar-refractivity contribution in [3.63, 3.8) is 0 Å². The van der Waals surface area contributed by atoms with Gasteiger partial charge in [-0.3, -0.25) is 0 Å². The van der Waals surface area contributed by atoms with Crippen LogP contribution < -0.4 is 36.6 Å². The van der Waals surface area contributed by atoms with Crippen LogP contribution in [-0.4, -0.2) is 0 Å². The van der Waals surface area contributed by atoms with Crippen molar-refractivity contribution in [3.05, 3.63) is 408 Å². The Bertz CT molecular complexity index is 5500. The first-order valence-corrected chi connectivity index (χ1v) is 35.9. The van der Waals surface area contributed by atoms with E-state index in [2.05, 4.69) is 249 Å². The van der Waals surface area contributed by atoms with Crippen molar-refractivity contribution in [2.75, 3.05) is 0 Å². The smallest absolute Gasteiger partial charge is 0.171 e. The first kappa shape index (κ1) is 56.6. The molecule has 0 fully saturated rings. The molecule has 448 valence electrons. The first-order valence-electron chi connectivity index (χ1n) is 32.5. The molecule has 1 unspecified atom stereocenters. The van der Waals surface area contributed by atoms with Crippen LogP contribution in [-0.2, 0) is 20.0 Å². The lowest BCUT2D eigenvalue weighted by atomic mass is 9.66. The fourth-order valence-electron chi connectivity index (χ4n) is 16.3. The van der Waals surface area contributed by atoms with E-state index in [0.29, 0.717) is 10.6 Å². The minimum atomic E-state index is -3.61. The van der Waals surface area contributed by atoms with Crippen molar-refractivity contribution in [3.8, 4) is 67.1 Å². The highest BCUT2D eigenvalue weighted by Gasteiger charge is 2.52. The molecule has 2 aliphatic carbocycles. The Hall–Kier alpha value is -11.2. The monoisotopic (exact) mass is 1250 g/mol. The molecule has 3 aliphatic rings. The average Bonchev–Trinajstić information content (AvgIpc) is 1.57. The fourth-order valence-corrected chi connectivity index (χ4v) is 21.6. The van der Waals surface area contributed by atoms with Gasteiger partial charge in [0.2, 0.25) is 0 Å². The van der Waals surface area contributed by atoms with Gasteiger partial charge in [-0.1, -0.05) is 322 Å². The van der Waals surface area contributed by atoms with Crippen LogP contribution in [0.3, 0.4) is 0 Å². The molecule has 5 heteroatoms. The predicted octanol–water partition coefficient (Wildman–Crippen LogP) is 20.0. The first-order chi connectivity index (χ1) is 46.9. The Morgan fingerprint density at radius 1 is 0.232 bits per heavy atom. The van der Waals surface area contributed by atoms with E-state index in [0.717, 1.165) is 88.0 Å². The maximum absolute atomic E-state index is 17.0. The van der Waals surface area contributed by atoms with E-state index in [1.807, 2.05) is 115 Å². The summed E-state index contributed by atoms with van der Waals surface area (Å²) in [6, 6.07) is 128. The van der Waals surface area contributed by atoms with Gasteiger partial charge in [-0.2, -0.15) is 0 Å². The Balaban J connectivity index is 0.798. The molecule has 15 aromatic carbocycles. The normalized spacial score (nSPS) is 14.1. The van der Waals surface area contributed by atoms with E-state index < -0.39 is 25.1 Å². The fraction of sp³-hybridized carbons (Fsp3) is 0.0222. The minimum absolute atomic E-state index is 0.572. The lowest BCUT2D eigenvalue weighted by molar-refractivity contribution is 0.436. The number of benzene rings is 15. The zero-order valence-electron chi connectivity index (χ0n) is 51.8. The molecule has 0 amide bonds. The van der Waals surface area contributed by atoms with Crippen LogP contribution in [0.2, 0.25) is 0 Å². The number of hydrogen-bond donors (Lipinski definition) is 0.